The number of nitro benzene ring substituents is 1. The van der Waals surface area contributed by atoms with Gasteiger partial charge in [0.1, 0.15) is 6.54 Å². The predicted molar refractivity (Wildman–Crippen MR) is 79.2 cm³/mol. The molecule has 0 spiro atoms. The number of benzene rings is 1. The van der Waals surface area contributed by atoms with E-state index in [0.717, 1.165) is 11.0 Å². The van der Waals surface area contributed by atoms with Gasteiger partial charge in [-0.3, -0.25) is 29.4 Å². The lowest BCUT2D eigenvalue weighted by Crippen LogP contribution is -2.50. The summed E-state index contributed by atoms with van der Waals surface area (Å²) in [5.74, 6) is -1.90. The largest absolute Gasteiger partial charge is 0.339 e. The van der Waals surface area contributed by atoms with Gasteiger partial charge in [-0.25, -0.2) is 0 Å². The summed E-state index contributed by atoms with van der Waals surface area (Å²) in [6.45, 7) is 2.21. The number of piperazine rings is 1. The summed E-state index contributed by atoms with van der Waals surface area (Å²) in [4.78, 5) is 49.2. The third kappa shape index (κ3) is 2.66. The van der Waals surface area contributed by atoms with Gasteiger partial charge in [-0.15, -0.1) is 0 Å². The van der Waals surface area contributed by atoms with Gasteiger partial charge in [-0.05, 0) is 6.07 Å². The van der Waals surface area contributed by atoms with Crippen molar-refractivity contribution in [1.82, 2.24) is 10.2 Å². The summed E-state index contributed by atoms with van der Waals surface area (Å²) in [6.07, 6.45) is 0. The number of Topliss-reactive ketones (excluding diaryl/α,β-unsaturated/α-hetero) is 1. The van der Waals surface area contributed by atoms with E-state index in [2.05, 4.69) is 5.32 Å². The van der Waals surface area contributed by atoms with Crippen molar-refractivity contribution in [2.24, 2.45) is 0 Å². The molecule has 0 atom stereocenters. The van der Waals surface area contributed by atoms with Crippen LogP contribution in [0, 0.1) is 10.1 Å². The highest BCUT2D eigenvalue weighted by Gasteiger charge is 2.38. The third-order valence-electron chi connectivity index (χ3n) is 3.93. The van der Waals surface area contributed by atoms with Crippen molar-refractivity contribution in [3.8, 4) is 0 Å². The Balaban J connectivity index is 1.84. The smallest absolute Gasteiger partial charge is 0.299 e. The van der Waals surface area contributed by atoms with E-state index in [1.807, 2.05) is 0 Å². The van der Waals surface area contributed by atoms with Crippen molar-refractivity contribution < 1.29 is 19.3 Å². The SMILES string of the molecule is O=C1C(=O)N(CC(=O)N2CCNCC2)c2ccc([N+](=O)[O-])cc21. The maximum Gasteiger partial charge on any atom is 0.299 e. The standard InChI is InChI=1S/C14H14N4O5/c19-12(16-5-3-15-4-6-16)8-17-11-2-1-9(18(22)23)7-10(11)13(20)14(17)21/h1-2,7,15H,3-6,8H2. The van der Waals surface area contributed by atoms with Gasteiger partial charge < -0.3 is 10.2 Å². The summed E-state index contributed by atoms with van der Waals surface area (Å²) < 4.78 is 0. The lowest BCUT2D eigenvalue weighted by atomic mass is 10.1. The molecule has 2 heterocycles. The highest BCUT2D eigenvalue weighted by Crippen LogP contribution is 2.31. The first-order chi connectivity index (χ1) is 11.0. The molecule has 1 N–H and O–H groups in total. The van der Waals surface area contributed by atoms with Crippen LogP contribution >= 0.6 is 0 Å². The molecule has 2 aliphatic rings. The van der Waals surface area contributed by atoms with Crippen molar-refractivity contribution in [3.05, 3.63) is 33.9 Å². The van der Waals surface area contributed by atoms with Crippen molar-refractivity contribution in [1.29, 1.82) is 0 Å². The van der Waals surface area contributed by atoms with Gasteiger partial charge in [0.25, 0.3) is 17.4 Å². The maximum atomic E-state index is 12.3. The molecule has 23 heavy (non-hydrogen) atoms. The fourth-order valence-corrected chi connectivity index (χ4v) is 2.71. The van der Waals surface area contributed by atoms with Crippen LogP contribution < -0.4 is 10.2 Å². The molecule has 3 rings (SSSR count). The van der Waals surface area contributed by atoms with E-state index >= 15 is 0 Å². The average Bonchev–Trinajstić information content (AvgIpc) is 2.80. The van der Waals surface area contributed by atoms with Gasteiger partial charge >= 0.3 is 0 Å². The number of nitro groups is 1. The van der Waals surface area contributed by atoms with Gasteiger partial charge in [0.15, 0.2) is 0 Å². The Bertz CT molecular complexity index is 711. The zero-order valence-corrected chi connectivity index (χ0v) is 12.2. The number of nitrogens with one attached hydrogen (secondary N) is 1. The number of ketones is 1. The summed E-state index contributed by atoms with van der Waals surface area (Å²) >= 11 is 0. The Morgan fingerprint density at radius 1 is 1.26 bits per heavy atom. The van der Waals surface area contributed by atoms with Gasteiger partial charge in [0.05, 0.1) is 16.2 Å². The number of hydrogen-bond donors (Lipinski definition) is 1. The molecule has 0 radical (unpaired) electrons. The van der Waals surface area contributed by atoms with Crippen LogP contribution in [-0.4, -0.2) is 60.1 Å². The van der Waals surface area contributed by atoms with Crippen LogP contribution in [0.1, 0.15) is 10.4 Å². The van der Waals surface area contributed by atoms with Crippen LogP contribution in [0.5, 0.6) is 0 Å². The second-order valence-corrected chi connectivity index (χ2v) is 5.31. The predicted octanol–water partition coefficient (Wildman–Crippen LogP) is -0.444. The Kier molecular flexibility index (Phi) is 3.78. The number of anilines is 1. The van der Waals surface area contributed by atoms with Crippen molar-refractivity contribution >= 4 is 29.0 Å². The van der Waals surface area contributed by atoms with E-state index in [1.54, 1.807) is 4.90 Å². The van der Waals surface area contributed by atoms with Crippen molar-refractivity contribution in [2.75, 3.05) is 37.6 Å². The molecule has 0 unspecified atom stereocenters. The Hall–Kier alpha value is -2.81. The molecule has 120 valence electrons. The first-order valence-corrected chi connectivity index (χ1v) is 7.12. The molecule has 0 aromatic heterocycles. The molecule has 0 bridgehead atoms. The van der Waals surface area contributed by atoms with Crippen LogP contribution in [-0.2, 0) is 9.59 Å². The number of non-ortho nitro benzene ring substituents is 1. The number of amides is 2. The van der Waals surface area contributed by atoms with E-state index in [4.69, 9.17) is 0 Å². The number of rotatable bonds is 3. The number of carbonyl (C=O) groups is 3. The molecule has 1 saturated heterocycles. The molecule has 9 heteroatoms. The van der Waals surface area contributed by atoms with Crippen LogP contribution in [0.15, 0.2) is 18.2 Å². The number of fused-ring (bicyclic) bond motifs is 1. The molecule has 1 fully saturated rings. The van der Waals surface area contributed by atoms with E-state index in [9.17, 15) is 24.5 Å². The van der Waals surface area contributed by atoms with Crippen molar-refractivity contribution in [2.45, 2.75) is 0 Å². The van der Waals surface area contributed by atoms with E-state index < -0.39 is 16.6 Å². The Labute approximate surface area is 131 Å². The van der Waals surface area contributed by atoms with Gasteiger partial charge in [0.2, 0.25) is 5.91 Å². The minimum absolute atomic E-state index is 0.0303. The molecule has 0 aliphatic carbocycles. The van der Waals surface area contributed by atoms with Crippen LogP contribution in [0.25, 0.3) is 0 Å². The molecule has 2 aliphatic heterocycles. The molecule has 9 nitrogen and oxygen atoms in total. The second-order valence-electron chi connectivity index (χ2n) is 5.31. The number of hydrogen-bond acceptors (Lipinski definition) is 6. The minimum Gasteiger partial charge on any atom is -0.339 e. The average molecular weight is 318 g/mol. The van der Waals surface area contributed by atoms with E-state index in [0.29, 0.717) is 26.2 Å². The van der Waals surface area contributed by atoms with Crippen LogP contribution in [0.2, 0.25) is 0 Å². The van der Waals surface area contributed by atoms with E-state index in [1.165, 1.54) is 12.1 Å². The number of nitrogens with zero attached hydrogens (tertiary/aromatic N) is 3. The third-order valence-corrected chi connectivity index (χ3v) is 3.93. The monoisotopic (exact) mass is 318 g/mol. The molecule has 0 saturated carbocycles. The Morgan fingerprint density at radius 3 is 2.61 bits per heavy atom. The zero-order chi connectivity index (χ0) is 16.6. The first kappa shape index (κ1) is 15.1. The minimum atomic E-state index is -0.830. The fourth-order valence-electron chi connectivity index (χ4n) is 2.71. The lowest BCUT2D eigenvalue weighted by molar-refractivity contribution is -0.384. The zero-order valence-electron chi connectivity index (χ0n) is 12.2. The number of carbonyl (C=O) groups excluding carboxylic acids is 3. The molecular weight excluding hydrogens is 304 g/mol. The first-order valence-electron chi connectivity index (χ1n) is 7.12. The lowest BCUT2D eigenvalue weighted by Gasteiger charge is -2.29. The molecule has 2 amide bonds. The maximum absolute atomic E-state index is 12.3. The van der Waals surface area contributed by atoms with Gasteiger partial charge in [-0.2, -0.15) is 0 Å². The topological polar surface area (TPSA) is 113 Å². The normalized spacial score (nSPS) is 17.4. The van der Waals surface area contributed by atoms with Crippen molar-refractivity contribution in [3.63, 3.8) is 0 Å². The molecule has 1 aromatic carbocycles. The van der Waals surface area contributed by atoms with Crippen LogP contribution in [0.3, 0.4) is 0 Å². The Morgan fingerprint density at radius 2 is 1.96 bits per heavy atom. The summed E-state index contributed by atoms with van der Waals surface area (Å²) in [5, 5.41) is 13.9. The molecular formula is C14H14N4O5. The molecule has 1 aromatic rings. The highest BCUT2D eigenvalue weighted by atomic mass is 16.6. The van der Waals surface area contributed by atoms with Crippen LogP contribution in [0.4, 0.5) is 11.4 Å². The fraction of sp³-hybridized carbons (Fsp3) is 0.357. The second kappa shape index (κ2) is 5.76. The van der Waals surface area contributed by atoms with E-state index in [-0.39, 0.29) is 29.4 Å². The summed E-state index contributed by atoms with van der Waals surface area (Å²) in [5.41, 5.74) is -0.0495. The highest BCUT2D eigenvalue weighted by molar-refractivity contribution is 6.52. The summed E-state index contributed by atoms with van der Waals surface area (Å²) in [6, 6.07) is 3.62. The summed E-state index contributed by atoms with van der Waals surface area (Å²) in [7, 11) is 0. The van der Waals surface area contributed by atoms with Gasteiger partial charge in [0, 0.05) is 38.3 Å². The van der Waals surface area contributed by atoms with Gasteiger partial charge in [-0.1, -0.05) is 0 Å². The quantitative estimate of drug-likeness (QED) is 0.459.